The highest BCUT2D eigenvalue weighted by molar-refractivity contribution is 6.29. The maximum absolute atomic E-state index is 5.99. The third-order valence-corrected chi connectivity index (χ3v) is 4.48. The van der Waals surface area contributed by atoms with E-state index in [2.05, 4.69) is 27.5 Å². The number of fused-ring (bicyclic) bond motifs is 2. The second kappa shape index (κ2) is 5.89. The number of rotatable bonds is 2. The Morgan fingerprint density at radius 2 is 1.92 bits per heavy atom. The van der Waals surface area contributed by atoms with E-state index in [9.17, 15) is 0 Å². The second-order valence-corrected chi connectivity index (χ2v) is 6.39. The maximum atomic E-state index is 5.99. The zero-order chi connectivity index (χ0) is 17.5. The Balaban J connectivity index is 1.52. The van der Waals surface area contributed by atoms with Crippen molar-refractivity contribution in [3.8, 4) is 11.3 Å². The van der Waals surface area contributed by atoms with Crippen LogP contribution in [0.5, 0.6) is 0 Å². The molecule has 0 saturated carbocycles. The third kappa shape index (κ3) is 2.59. The number of hydrogen-bond donors (Lipinski definition) is 1. The standard InChI is InChI=1S/C20H13ClN5/c21-19-11-15(7-9-23-19)17-5-6-18-20(24-17)26(25-18)12-13-3-4-16-14(10-13)2-1-8-22-16/h1-12,25H/q+1. The Morgan fingerprint density at radius 1 is 0.962 bits per heavy atom. The highest BCUT2D eigenvalue weighted by atomic mass is 35.5. The SMILES string of the molecule is Clc1cc(-c2ccc3c(n2)[N+](=Cc2ccc4ncccc4c2)N3)ccn1. The molecule has 0 aliphatic carbocycles. The van der Waals surface area contributed by atoms with Gasteiger partial charge < -0.3 is 0 Å². The van der Waals surface area contributed by atoms with E-state index in [1.807, 2.05) is 53.4 Å². The molecule has 0 spiro atoms. The fraction of sp³-hybridized carbons (Fsp3) is 0. The summed E-state index contributed by atoms with van der Waals surface area (Å²) < 4.78 is 1.92. The van der Waals surface area contributed by atoms with Crippen molar-refractivity contribution in [2.45, 2.75) is 0 Å². The average molecular weight is 359 g/mol. The van der Waals surface area contributed by atoms with Gasteiger partial charge in [0.15, 0.2) is 11.4 Å². The molecule has 1 N–H and O–H groups in total. The number of nitrogens with one attached hydrogen (secondary N) is 1. The Bertz CT molecular complexity index is 1190. The summed E-state index contributed by atoms with van der Waals surface area (Å²) in [6, 6.07) is 17.9. The number of benzene rings is 1. The Hall–Kier alpha value is -3.31. The molecule has 5 rings (SSSR count). The quantitative estimate of drug-likeness (QED) is 0.425. The van der Waals surface area contributed by atoms with Crippen LogP contribution < -0.4 is 5.43 Å². The molecule has 26 heavy (non-hydrogen) atoms. The van der Waals surface area contributed by atoms with Crippen LogP contribution in [-0.2, 0) is 0 Å². The number of anilines is 1. The molecular weight excluding hydrogens is 346 g/mol. The maximum Gasteiger partial charge on any atom is 0.374 e. The molecule has 124 valence electrons. The normalized spacial score (nSPS) is 14.0. The molecule has 0 radical (unpaired) electrons. The van der Waals surface area contributed by atoms with E-state index >= 15 is 0 Å². The van der Waals surface area contributed by atoms with Gasteiger partial charge in [0.1, 0.15) is 11.4 Å². The summed E-state index contributed by atoms with van der Waals surface area (Å²) in [5.74, 6) is 0.877. The molecule has 4 heterocycles. The van der Waals surface area contributed by atoms with Crippen LogP contribution >= 0.6 is 11.6 Å². The number of nitrogens with zero attached hydrogens (tertiary/aromatic N) is 4. The molecular formula is C20H13ClN5+. The lowest BCUT2D eigenvalue weighted by atomic mass is 10.1. The summed E-state index contributed by atoms with van der Waals surface area (Å²) >= 11 is 5.99. The number of halogens is 1. The van der Waals surface area contributed by atoms with Crippen LogP contribution in [0.15, 0.2) is 67.0 Å². The first kappa shape index (κ1) is 15.0. The zero-order valence-electron chi connectivity index (χ0n) is 13.6. The lowest BCUT2D eigenvalue weighted by molar-refractivity contribution is -0.426. The van der Waals surface area contributed by atoms with Crippen molar-refractivity contribution in [1.29, 1.82) is 0 Å². The van der Waals surface area contributed by atoms with E-state index in [4.69, 9.17) is 16.6 Å². The van der Waals surface area contributed by atoms with Crippen LogP contribution in [0.1, 0.15) is 5.56 Å². The van der Waals surface area contributed by atoms with Crippen molar-refractivity contribution in [1.82, 2.24) is 15.0 Å². The van der Waals surface area contributed by atoms with Crippen molar-refractivity contribution in [2.75, 3.05) is 5.43 Å². The minimum atomic E-state index is 0.457. The summed E-state index contributed by atoms with van der Waals surface area (Å²) in [4.78, 5) is 13.1. The molecule has 1 aromatic carbocycles. The van der Waals surface area contributed by atoms with Gasteiger partial charge in [-0.3, -0.25) is 4.98 Å². The van der Waals surface area contributed by atoms with Crippen LogP contribution in [0.4, 0.5) is 11.5 Å². The molecule has 0 unspecified atom stereocenters. The Kier molecular flexibility index (Phi) is 3.40. The van der Waals surface area contributed by atoms with Crippen LogP contribution in [0, 0.1) is 0 Å². The molecule has 0 atom stereocenters. The first-order valence-electron chi connectivity index (χ1n) is 8.15. The summed E-state index contributed by atoms with van der Waals surface area (Å²) in [7, 11) is 0. The monoisotopic (exact) mass is 358 g/mol. The molecule has 0 fully saturated rings. The van der Waals surface area contributed by atoms with Gasteiger partial charge in [0.25, 0.3) is 0 Å². The second-order valence-electron chi connectivity index (χ2n) is 6.00. The van der Waals surface area contributed by atoms with Gasteiger partial charge in [-0.05, 0) is 53.5 Å². The van der Waals surface area contributed by atoms with E-state index < -0.39 is 0 Å². The van der Waals surface area contributed by atoms with E-state index in [0.717, 1.165) is 39.2 Å². The van der Waals surface area contributed by atoms with Crippen LogP contribution in [-0.4, -0.2) is 25.9 Å². The van der Waals surface area contributed by atoms with E-state index in [0.29, 0.717) is 5.15 Å². The van der Waals surface area contributed by atoms with Crippen LogP contribution in [0.25, 0.3) is 22.2 Å². The predicted molar refractivity (Wildman–Crippen MR) is 103 cm³/mol. The molecule has 0 amide bonds. The van der Waals surface area contributed by atoms with E-state index in [-0.39, 0.29) is 0 Å². The predicted octanol–water partition coefficient (Wildman–Crippen LogP) is 4.45. The minimum absolute atomic E-state index is 0.457. The van der Waals surface area contributed by atoms with Gasteiger partial charge in [0.05, 0.1) is 5.52 Å². The lowest BCUT2D eigenvalue weighted by Crippen LogP contribution is -2.27. The first-order valence-corrected chi connectivity index (χ1v) is 8.53. The van der Waals surface area contributed by atoms with Crippen molar-refractivity contribution in [3.63, 3.8) is 0 Å². The van der Waals surface area contributed by atoms with Gasteiger partial charge in [0.2, 0.25) is 0 Å². The molecule has 4 aromatic rings. The smallest absolute Gasteiger partial charge is 0.256 e. The zero-order valence-corrected chi connectivity index (χ0v) is 14.4. The molecule has 0 saturated heterocycles. The summed E-state index contributed by atoms with van der Waals surface area (Å²) in [5.41, 5.74) is 8.12. The average Bonchev–Trinajstić information content (AvgIpc) is 2.66. The van der Waals surface area contributed by atoms with Crippen molar-refractivity contribution in [2.24, 2.45) is 0 Å². The lowest BCUT2D eigenvalue weighted by Gasteiger charge is -2.17. The highest BCUT2D eigenvalue weighted by Crippen LogP contribution is 2.34. The highest BCUT2D eigenvalue weighted by Gasteiger charge is 2.30. The van der Waals surface area contributed by atoms with Gasteiger partial charge in [-0.25, -0.2) is 10.4 Å². The van der Waals surface area contributed by atoms with Crippen molar-refractivity contribution in [3.05, 3.63) is 77.7 Å². The van der Waals surface area contributed by atoms with Gasteiger partial charge in [-0.15, -0.1) is 4.68 Å². The summed E-state index contributed by atoms with van der Waals surface area (Å²) in [6.07, 6.45) is 5.50. The summed E-state index contributed by atoms with van der Waals surface area (Å²) in [5, 5.41) is 1.56. The topological polar surface area (TPSA) is 53.7 Å². The molecule has 3 aromatic heterocycles. The van der Waals surface area contributed by atoms with Gasteiger partial charge in [-0.1, -0.05) is 17.7 Å². The number of hydrazone groups is 1. The molecule has 1 aliphatic heterocycles. The van der Waals surface area contributed by atoms with Crippen molar-refractivity contribution >= 4 is 40.2 Å². The van der Waals surface area contributed by atoms with E-state index in [1.165, 1.54) is 0 Å². The van der Waals surface area contributed by atoms with Gasteiger partial charge >= 0.3 is 5.82 Å². The van der Waals surface area contributed by atoms with Crippen LogP contribution in [0.3, 0.4) is 0 Å². The largest absolute Gasteiger partial charge is 0.374 e. The van der Waals surface area contributed by atoms with Gasteiger partial charge in [-0.2, -0.15) is 0 Å². The molecule has 5 nitrogen and oxygen atoms in total. The molecule has 6 heteroatoms. The number of hydrazine groups is 1. The number of aromatic nitrogens is 3. The molecule has 0 bridgehead atoms. The van der Waals surface area contributed by atoms with Gasteiger partial charge in [0, 0.05) is 28.9 Å². The number of hydrogen-bond acceptors (Lipinski definition) is 4. The Labute approximate surface area is 154 Å². The minimum Gasteiger partial charge on any atom is -0.256 e. The first-order chi connectivity index (χ1) is 12.8. The van der Waals surface area contributed by atoms with Crippen molar-refractivity contribution < 1.29 is 4.68 Å². The fourth-order valence-electron chi connectivity index (χ4n) is 2.99. The number of pyridine rings is 3. The van der Waals surface area contributed by atoms with E-state index in [1.54, 1.807) is 12.4 Å². The Morgan fingerprint density at radius 3 is 2.85 bits per heavy atom. The third-order valence-electron chi connectivity index (χ3n) is 4.27. The fourth-order valence-corrected chi connectivity index (χ4v) is 3.16. The summed E-state index contributed by atoms with van der Waals surface area (Å²) in [6.45, 7) is 0. The van der Waals surface area contributed by atoms with Crippen LogP contribution in [0.2, 0.25) is 5.15 Å². The molecule has 1 aliphatic rings.